The highest BCUT2D eigenvalue weighted by Gasteiger charge is 2.36. The molecular weight excluding hydrogens is 412 g/mol. The molecule has 168 valence electrons. The Hall–Kier alpha value is -2.38. The van der Waals surface area contributed by atoms with Gasteiger partial charge in [-0.05, 0) is 58.2 Å². The molecule has 1 amide bonds. The van der Waals surface area contributed by atoms with Gasteiger partial charge in [0.15, 0.2) is 0 Å². The van der Waals surface area contributed by atoms with Gasteiger partial charge in [0.1, 0.15) is 5.60 Å². The number of amides is 1. The maximum Gasteiger partial charge on any atom is 0.410 e. The number of ether oxygens (including phenoxy) is 1. The van der Waals surface area contributed by atoms with Gasteiger partial charge in [-0.15, -0.1) is 0 Å². The van der Waals surface area contributed by atoms with Crippen molar-refractivity contribution >= 4 is 16.1 Å². The molecule has 7 heteroatoms. The second kappa shape index (κ2) is 9.40. The second-order valence-corrected chi connectivity index (χ2v) is 11.0. The molecule has 31 heavy (non-hydrogen) atoms. The van der Waals surface area contributed by atoms with E-state index < -0.39 is 21.7 Å². The number of piperidine rings is 1. The van der Waals surface area contributed by atoms with E-state index in [4.69, 9.17) is 4.74 Å². The summed E-state index contributed by atoms with van der Waals surface area (Å²) in [7, 11) is -3.75. The average Bonchev–Trinajstić information content (AvgIpc) is 2.72. The fraction of sp³-hybridized carbons (Fsp3) is 0.458. The van der Waals surface area contributed by atoms with Crippen molar-refractivity contribution in [3.63, 3.8) is 0 Å². The summed E-state index contributed by atoms with van der Waals surface area (Å²) in [5.74, 6) is 0. The molecule has 1 aliphatic rings. The summed E-state index contributed by atoms with van der Waals surface area (Å²) in [6, 6.07) is 16.1. The SMILES string of the molecule is Cc1ccc(S(=O)(=O)N(Cc2ccccc2)C2CCCN(C(=O)OC(C)(C)C)C2)cc1. The van der Waals surface area contributed by atoms with Gasteiger partial charge in [0.25, 0.3) is 0 Å². The normalized spacial score (nSPS) is 17.6. The van der Waals surface area contributed by atoms with Crippen LogP contribution in [0, 0.1) is 6.92 Å². The number of rotatable bonds is 5. The maximum absolute atomic E-state index is 13.6. The average molecular weight is 445 g/mol. The van der Waals surface area contributed by atoms with Gasteiger partial charge in [0, 0.05) is 25.7 Å². The van der Waals surface area contributed by atoms with Crippen LogP contribution >= 0.6 is 0 Å². The topological polar surface area (TPSA) is 66.9 Å². The zero-order valence-corrected chi connectivity index (χ0v) is 19.6. The number of carbonyl (C=O) groups is 1. The highest BCUT2D eigenvalue weighted by atomic mass is 32.2. The van der Waals surface area contributed by atoms with Crippen LogP contribution in [0.3, 0.4) is 0 Å². The van der Waals surface area contributed by atoms with E-state index in [1.54, 1.807) is 33.5 Å². The predicted octanol–water partition coefficient (Wildman–Crippen LogP) is 4.59. The van der Waals surface area contributed by atoms with Crippen LogP contribution in [0.4, 0.5) is 4.79 Å². The molecule has 2 aromatic rings. The first-order valence-electron chi connectivity index (χ1n) is 10.7. The molecule has 0 saturated carbocycles. The van der Waals surface area contributed by atoms with Crippen LogP contribution in [0.1, 0.15) is 44.7 Å². The minimum atomic E-state index is -3.75. The van der Waals surface area contributed by atoms with Gasteiger partial charge in [-0.3, -0.25) is 0 Å². The van der Waals surface area contributed by atoms with Crippen molar-refractivity contribution in [3.05, 3.63) is 65.7 Å². The van der Waals surface area contributed by atoms with E-state index in [1.807, 2.05) is 58.0 Å². The Morgan fingerprint density at radius 2 is 1.74 bits per heavy atom. The van der Waals surface area contributed by atoms with Gasteiger partial charge in [-0.25, -0.2) is 13.2 Å². The summed E-state index contributed by atoms with van der Waals surface area (Å²) < 4.78 is 34.4. The zero-order valence-electron chi connectivity index (χ0n) is 18.7. The largest absolute Gasteiger partial charge is 0.444 e. The molecule has 1 fully saturated rings. The molecular formula is C24H32N2O4S. The van der Waals surface area contributed by atoms with E-state index in [9.17, 15) is 13.2 Å². The summed E-state index contributed by atoms with van der Waals surface area (Å²) in [6.07, 6.45) is 1.01. The Balaban J connectivity index is 1.90. The highest BCUT2D eigenvalue weighted by molar-refractivity contribution is 7.89. The summed E-state index contributed by atoms with van der Waals surface area (Å²) in [6.45, 7) is 8.55. The molecule has 6 nitrogen and oxygen atoms in total. The summed E-state index contributed by atoms with van der Waals surface area (Å²) in [5.41, 5.74) is 1.32. The minimum Gasteiger partial charge on any atom is -0.444 e. The molecule has 0 bridgehead atoms. The number of aryl methyl sites for hydroxylation is 1. The number of benzene rings is 2. The summed E-state index contributed by atoms with van der Waals surface area (Å²) in [4.78, 5) is 14.5. The third-order valence-electron chi connectivity index (χ3n) is 5.26. The molecule has 0 radical (unpaired) electrons. The lowest BCUT2D eigenvalue weighted by molar-refractivity contribution is 0.0152. The van der Waals surface area contributed by atoms with Crippen molar-refractivity contribution in [2.24, 2.45) is 0 Å². The molecule has 1 aliphatic heterocycles. The molecule has 1 atom stereocenters. The fourth-order valence-corrected chi connectivity index (χ4v) is 5.34. The Morgan fingerprint density at radius 1 is 1.10 bits per heavy atom. The Bertz CT molecular complexity index is 982. The van der Waals surface area contributed by atoms with Gasteiger partial charge in [0.05, 0.1) is 4.90 Å². The Labute approximate surface area is 185 Å². The van der Waals surface area contributed by atoms with E-state index in [0.717, 1.165) is 17.5 Å². The minimum absolute atomic E-state index is 0.254. The lowest BCUT2D eigenvalue weighted by atomic mass is 10.1. The van der Waals surface area contributed by atoms with Gasteiger partial charge in [-0.2, -0.15) is 4.31 Å². The third-order valence-corrected chi connectivity index (χ3v) is 7.18. The van der Waals surface area contributed by atoms with Crippen molar-refractivity contribution in [1.82, 2.24) is 9.21 Å². The Morgan fingerprint density at radius 3 is 2.35 bits per heavy atom. The molecule has 1 unspecified atom stereocenters. The number of carbonyl (C=O) groups excluding carboxylic acids is 1. The van der Waals surface area contributed by atoms with Crippen LogP contribution in [-0.4, -0.2) is 48.4 Å². The molecule has 0 spiro atoms. The number of hydrogen-bond donors (Lipinski definition) is 0. The number of nitrogens with zero attached hydrogens (tertiary/aromatic N) is 2. The third kappa shape index (κ3) is 6.08. The zero-order chi connectivity index (χ0) is 22.6. The van der Waals surface area contributed by atoms with Gasteiger partial charge < -0.3 is 9.64 Å². The summed E-state index contributed by atoms with van der Waals surface area (Å²) >= 11 is 0. The fourth-order valence-electron chi connectivity index (χ4n) is 3.70. The van der Waals surface area contributed by atoms with Crippen molar-refractivity contribution in [1.29, 1.82) is 0 Å². The number of likely N-dealkylation sites (tertiary alicyclic amines) is 1. The molecule has 2 aromatic carbocycles. The van der Waals surface area contributed by atoms with Crippen LogP contribution < -0.4 is 0 Å². The second-order valence-electron chi connectivity index (χ2n) is 9.07. The smallest absolute Gasteiger partial charge is 0.410 e. The monoisotopic (exact) mass is 444 g/mol. The first kappa shape index (κ1) is 23.3. The molecule has 1 heterocycles. The molecule has 0 aliphatic carbocycles. The van der Waals surface area contributed by atoms with Crippen LogP contribution in [0.5, 0.6) is 0 Å². The van der Waals surface area contributed by atoms with Crippen molar-refractivity contribution in [2.45, 2.75) is 63.6 Å². The maximum atomic E-state index is 13.6. The van der Waals surface area contributed by atoms with E-state index >= 15 is 0 Å². The molecule has 3 rings (SSSR count). The molecule has 0 N–H and O–H groups in total. The standard InChI is InChI=1S/C24H32N2O4S/c1-19-12-14-22(15-13-19)31(28,29)26(17-20-9-6-5-7-10-20)21-11-8-16-25(18-21)23(27)30-24(2,3)4/h5-7,9-10,12-15,21H,8,11,16-18H2,1-4H3. The van der Waals surface area contributed by atoms with E-state index in [2.05, 4.69) is 0 Å². The van der Waals surface area contributed by atoms with Crippen molar-refractivity contribution in [2.75, 3.05) is 13.1 Å². The van der Waals surface area contributed by atoms with Crippen molar-refractivity contribution in [3.8, 4) is 0 Å². The summed E-state index contributed by atoms with van der Waals surface area (Å²) in [5, 5.41) is 0. The van der Waals surface area contributed by atoms with E-state index in [-0.39, 0.29) is 17.5 Å². The quantitative estimate of drug-likeness (QED) is 0.677. The number of sulfonamides is 1. The number of hydrogen-bond acceptors (Lipinski definition) is 4. The van der Waals surface area contributed by atoms with Crippen LogP contribution in [0.2, 0.25) is 0 Å². The van der Waals surface area contributed by atoms with Gasteiger partial charge in [-0.1, -0.05) is 48.0 Å². The first-order valence-corrected chi connectivity index (χ1v) is 12.1. The van der Waals surface area contributed by atoms with Crippen LogP contribution in [-0.2, 0) is 21.3 Å². The lowest BCUT2D eigenvalue weighted by Gasteiger charge is -2.39. The van der Waals surface area contributed by atoms with E-state index in [0.29, 0.717) is 19.5 Å². The highest BCUT2D eigenvalue weighted by Crippen LogP contribution is 2.27. The Kier molecular flexibility index (Phi) is 7.06. The molecule has 1 saturated heterocycles. The molecule has 0 aromatic heterocycles. The van der Waals surface area contributed by atoms with E-state index in [1.165, 1.54) is 0 Å². The van der Waals surface area contributed by atoms with Gasteiger partial charge >= 0.3 is 6.09 Å². The first-order chi connectivity index (χ1) is 14.6. The van der Waals surface area contributed by atoms with Crippen molar-refractivity contribution < 1.29 is 17.9 Å². The lowest BCUT2D eigenvalue weighted by Crippen LogP contribution is -2.52. The predicted molar refractivity (Wildman–Crippen MR) is 121 cm³/mol. The van der Waals surface area contributed by atoms with Gasteiger partial charge in [0.2, 0.25) is 10.0 Å². The van der Waals surface area contributed by atoms with Crippen LogP contribution in [0.15, 0.2) is 59.5 Å². The van der Waals surface area contributed by atoms with Crippen LogP contribution in [0.25, 0.3) is 0 Å².